The lowest BCUT2D eigenvalue weighted by molar-refractivity contribution is 0.0731. The van der Waals surface area contributed by atoms with Gasteiger partial charge >= 0.3 is 0 Å². The average molecular weight is 333 g/mol. The molecule has 1 aromatic heterocycles. The summed E-state index contributed by atoms with van der Waals surface area (Å²) >= 11 is 1.41. The van der Waals surface area contributed by atoms with E-state index in [1.807, 2.05) is 18.0 Å². The maximum Gasteiger partial charge on any atom is 0.273 e. The number of halogens is 1. The molecule has 0 saturated carbocycles. The first kappa shape index (κ1) is 16.1. The second-order valence-corrected chi connectivity index (χ2v) is 6.69. The van der Waals surface area contributed by atoms with Crippen LogP contribution < -0.4 is 5.32 Å². The Morgan fingerprint density at radius 3 is 3.09 bits per heavy atom. The summed E-state index contributed by atoms with van der Waals surface area (Å²) in [5, 5.41) is 5.69. The monoisotopic (exact) mass is 333 g/mol. The summed E-state index contributed by atoms with van der Waals surface area (Å²) < 4.78 is 13.7. The SMILES string of the molecule is CNCC1CCCN1C(=O)c1csc(Cc2ccccc2F)n1. The van der Waals surface area contributed by atoms with E-state index >= 15 is 0 Å². The second-order valence-electron chi connectivity index (χ2n) is 5.75. The number of aromatic nitrogens is 1. The van der Waals surface area contributed by atoms with Gasteiger partial charge in [0.15, 0.2) is 0 Å². The zero-order valence-electron chi connectivity index (χ0n) is 13.1. The molecule has 1 atom stereocenters. The number of benzene rings is 1. The molecular weight excluding hydrogens is 313 g/mol. The molecular formula is C17H20FN3OS. The van der Waals surface area contributed by atoms with Crippen molar-refractivity contribution < 1.29 is 9.18 Å². The van der Waals surface area contributed by atoms with Crippen molar-refractivity contribution in [2.24, 2.45) is 0 Å². The van der Waals surface area contributed by atoms with Gasteiger partial charge in [-0.25, -0.2) is 9.37 Å². The fourth-order valence-electron chi connectivity index (χ4n) is 2.99. The topological polar surface area (TPSA) is 45.2 Å². The molecule has 0 radical (unpaired) electrons. The lowest BCUT2D eigenvalue weighted by Gasteiger charge is -2.23. The van der Waals surface area contributed by atoms with Gasteiger partial charge in [0.2, 0.25) is 0 Å². The van der Waals surface area contributed by atoms with E-state index in [-0.39, 0.29) is 17.8 Å². The van der Waals surface area contributed by atoms with Crippen molar-refractivity contribution in [3.05, 3.63) is 51.7 Å². The van der Waals surface area contributed by atoms with Crippen LogP contribution in [0.5, 0.6) is 0 Å². The number of carbonyl (C=O) groups is 1. The van der Waals surface area contributed by atoms with Crippen LogP contribution in [0.3, 0.4) is 0 Å². The summed E-state index contributed by atoms with van der Waals surface area (Å²) in [6.45, 7) is 1.59. The Kier molecular flexibility index (Phi) is 5.03. The minimum atomic E-state index is -0.232. The largest absolute Gasteiger partial charge is 0.333 e. The molecule has 4 nitrogen and oxygen atoms in total. The predicted octanol–water partition coefficient (Wildman–Crippen LogP) is 2.70. The Hall–Kier alpha value is -1.79. The Labute approximate surface area is 139 Å². The molecule has 23 heavy (non-hydrogen) atoms. The van der Waals surface area contributed by atoms with E-state index in [0.29, 0.717) is 17.7 Å². The third-order valence-electron chi connectivity index (χ3n) is 4.15. The van der Waals surface area contributed by atoms with Gasteiger partial charge in [-0.2, -0.15) is 0 Å². The average Bonchev–Trinajstić information content (AvgIpc) is 3.19. The maximum atomic E-state index is 13.7. The Balaban J connectivity index is 1.71. The Bertz CT molecular complexity index is 688. The van der Waals surface area contributed by atoms with E-state index in [2.05, 4.69) is 10.3 Å². The van der Waals surface area contributed by atoms with Crippen LogP contribution in [0.25, 0.3) is 0 Å². The highest BCUT2D eigenvalue weighted by atomic mass is 32.1. The number of thiazole rings is 1. The molecule has 1 aliphatic rings. The van der Waals surface area contributed by atoms with E-state index in [1.54, 1.807) is 17.5 Å². The maximum absolute atomic E-state index is 13.7. The summed E-state index contributed by atoms with van der Waals surface area (Å²) in [4.78, 5) is 19.0. The molecule has 1 N–H and O–H groups in total. The predicted molar refractivity (Wildman–Crippen MR) is 89.3 cm³/mol. The molecule has 0 aliphatic carbocycles. The van der Waals surface area contributed by atoms with Gasteiger partial charge < -0.3 is 10.2 Å². The molecule has 1 aliphatic heterocycles. The van der Waals surface area contributed by atoms with Crippen molar-refractivity contribution in [3.63, 3.8) is 0 Å². The van der Waals surface area contributed by atoms with Gasteiger partial charge in [0.05, 0.1) is 5.01 Å². The molecule has 1 saturated heterocycles. The number of amides is 1. The first-order chi connectivity index (χ1) is 11.2. The fourth-order valence-corrected chi connectivity index (χ4v) is 3.78. The number of hydrogen-bond donors (Lipinski definition) is 1. The van der Waals surface area contributed by atoms with Crippen LogP contribution >= 0.6 is 11.3 Å². The van der Waals surface area contributed by atoms with E-state index in [1.165, 1.54) is 17.4 Å². The quantitative estimate of drug-likeness (QED) is 0.915. The zero-order chi connectivity index (χ0) is 16.2. The highest BCUT2D eigenvalue weighted by molar-refractivity contribution is 7.09. The van der Waals surface area contributed by atoms with E-state index in [0.717, 1.165) is 30.9 Å². The van der Waals surface area contributed by atoms with Crippen LogP contribution in [-0.4, -0.2) is 42.0 Å². The summed E-state index contributed by atoms with van der Waals surface area (Å²) in [7, 11) is 1.90. The van der Waals surface area contributed by atoms with Crippen molar-refractivity contribution in [1.82, 2.24) is 15.2 Å². The highest BCUT2D eigenvalue weighted by Crippen LogP contribution is 2.22. The molecule has 1 unspecified atom stereocenters. The number of likely N-dealkylation sites (tertiary alicyclic amines) is 1. The minimum Gasteiger partial charge on any atom is -0.333 e. The molecule has 1 amide bonds. The van der Waals surface area contributed by atoms with Crippen molar-refractivity contribution in [2.45, 2.75) is 25.3 Å². The highest BCUT2D eigenvalue weighted by Gasteiger charge is 2.30. The minimum absolute atomic E-state index is 0.0150. The van der Waals surface area contributed by atoms with Gasteiger partial charge in [-0.05, 0) is 31.5 Å². The summed E-state index contributed by atoms with van der Waals surface area (Å²) in [5.41, 5.74) is 1.08. The normalized spacial score (nSPS) is 17.7. The van der Waals surface area contributed by atoms with Gasteiger partial charge in [0.25, 0.3) is 5.91 Å². The summed E-state index contributed by atoms with van der Waals surface area (Å²) in [6.07, 6.45) is 2.48. The molecule has 6 heteroatoms. The standard InChI is InChI=1S/C17H20FN3OS/c1-19-10-13-6-4-8-21(13)17(22)15-11-23-16(20-15)9-12-5-2-3-7-14(12)18/h2-3,5,7,11,13,19H,4,6,8-10H2,1H3. The molecule has 122 valence electrons. The molecule has 0 bridgehead atoms. The van der Waals surface area contributed by atoms with Crippen molar-refractivity contribution in [2.75, 3.05) is 20.1 Å². The number of carbonyl (C=O) groups excluding carboxylic acids is 1. The lowest BCUT2D eigenvalue weighted by atomic mass is 10.1. The third kappa shape index (κ3) is 3.59. The van der Waals surface area contributed by atoms with Crippen molar-refractivity contribution in [3.8, 4) is 0 Å². The number of nitrogens with one attached hydrogen (secondary N) is 1. The summed E-state index contributed by atoms with van der Waals surface area (Å²) in [5.74, 6) is -0.247. The zero-order valence-corrected chi connectivity index (χ0v) is 13.9. The van der Waals surface area contributed by atoms with Crippen LogP contribution in [0.15, 0.2) is 29.6 Å². The van der Waals surface area contributed by atoms with Crippen molar-refractivity contribution >= 4 is 17.2 Å². The molecule has 0 spiro atoms. The van der Waals surface area contributed by atoms with Crippen LogP contribution in [0, 0.1) is 5.82 Å². The lowest BCUT2D eigenvalue weighted by Crippen LogP contribution is -2.40. The Morgan fingerprint density at radius 1 is 1.48 bits per heavy atom. The number of nitrogens with zero attached hydrogens (tertiary/aromatic N) is 2. The van der Waals surface area contributed by atoms with Crippen LogP contribution in [0.2, 0.25) is 0 Å². The van der Waals surface area contributed by atoms with E-state index in [9.17, 15) is 9.18 Å². The Morgan fingerprint density at radius 2 is 2.30 bits per heavy atom. The van der Waals surface area contributed by atoms with Gasteiger partial charge in [-0.3, -0.25) is 4.79 Å². The molecule has 2 heterocycles. The van der Waals surface area contributed by atoms with Crippen LogP contribution in [-0.2, 0) is 6.42 Å². The smallest absolute Gasteiger partial charge is 0.273 e. The van der Waals surface area contributed by atoms with Gasteiger partial charge in [-0.15, -0.1) is 11.3 Å². The molecule has 3 rings (SSSR count). The van der Waals surface area contributed by atoms with E-state index in [4.69, 9.17) is 0 Å². The fraction of sp³-hybridized carbons (Fsp3) is 0.412. The number of hydrogen-bond acceptors (Lipinski definition) is 4. The van der Waals surface area contributed by atoms with Crippen LogP contribution in [0.1, 0.15) is 33.9 Å². The van der Waals surface area contributed by atoms with Gasteiger partial charge in [-0.1, -0.05) is 18.2 Å². The first-order valence-electron chi connectivity index (χ1n) is 7.82. The number of likely N-dealkylation sites (N-methyl/N-ethyl adjacent to an activating group) is 1. The second kappa shape index (κ2) is 7.19. The molecule has 1 aromatic carbocycles. The summed E-state index contributed by atoms with van der Waals surface area (Å²) in [6, 6.07) is 6.92. The van der Waals surface area contributed by atoms with Crippen LogP contribution in [0.4, 0.5) is 4.39 Å². The first-order valence-corrected chi connectivity index (χ1v) is 8.70. The van der Waals surface area contributed by atoms with E-state index < -0.39 is 0 Å². The number of rotatable bonds is 5. The molecule has 1 fully saturated rings. The van der Waals surface area contributed by atoms with Gasteiger partial charge in [0, 0.05) is 30.9 Å². The molecule has 2 aromatic rings. The third-order valence-corrected chi connectivity index (χ3v) is 5.00. The van der Waals surface area contributed by atoms with Crippen molar-refractivity contribution in [1.29, 1.82) is 0 Å². The van der Waals surface area contributed by atoms with Gasteiger partial charge in [0.1, 0.15) is 11.5 Å².